The second kappa shape index (κ2) is 7.63. The molecule has 7 heteroatoms. The summed E-state index contributed by atoms with van der Waals surface area (Å²) >= 11 is 0. The summed E-state index contributed by atoms with van der Waals surface area (Å²) in [4.78, 5) is 12.8. The van der Waals surface area contributed by atoms with E-state index in [2.05, 4.69) is 9.62 Å². The first kappa shape index (κ1) is 18.2. The van der Waals surface area contributed by atoms with Gasteiger partial charge < -0.3 is 9.32 Å². The van der Waals surface area contributed by atoms with Crippen LogP contribution >= 0.6 is 0 Å². The van der Waals surface area contributed by atoms with Crippen molar-refractivity contribution in [3.05, 3.63) is 41.7 Å². The van der Waals surface area contributed by atoms with Crippen molar-refractivity contribution in [3.8, 4) is 11.3 Å². The van der Waals surface area contributed by atoms with Gasteiger partial charge >= 0.3 is 0 Å². The number of nitrogens with zero attached hydrogens (tertiary/aromatic N) is 1. The molecule has 0 radical (unpaired) electrons. The smallest absolute Gasteiger partial charge is 0.208 e. The van der Waals surface area contributed by atoms with Gasteiger partial charge in [0.15, 0.2) is 12.0 Å². The highest BCUT2D eigenvalue weighted by Crippen LogP contribution is 2.28. The topological polar surface area (TPSA) is 79.6 Å². The van der Waals surface area contributed by atoms with Crippen molar-refractivity contribution in [2.75, 3.05) is 30.8 Å². The summed E-state index contributed by atoms with van der Waals surface area (Å²) in [6, 6.07) is 9.37. The Kier molecular flexibility index (Phi) is 5.80. The van der Waals surface area contributed by atoms with E-state index in [0.717, 1.165) is 29.6 Å². The number of rotatable bonds is 8. The van der Waals surface area contributed by atoms with Crippen molar-refractivity contribution in [2.24, 2.45) is 0 Å². The average molecular weight is 350 g/mol. The van der Waals surface area contributed by atoms with Crippen LogP contribution in [0.4, 0.5) is 5.69 Å². The summed E-state index contributed by atoms with van der Waals surface area (Å²) in [5.41, 5.74) is 2.96. The molecule has 1 heterocycles. The van der Waals surface area contributed by atoms with Crippen LogP contribution in [0.1, 0.15) is 23.0 Å². The van der Waals surface area contributed by atoms with E-state index in [-0.39, 0.29) is 0 Å². The molecule has 0 atom stereocenters. The highest BCUT2D eigenvalue weighted by atomic mass is 32.2. The number of carbonyl (C=O) groups is 1. The van der Waals surface area contributed by atoms with Crippen molar-refractivity contribution in [1.82, 2.24) is 4.72 Å². The molecule has 0 amide bonds. The first-order chi connectivity index (χ1) is 11.3. The lowest BCUT2D eigenvalue weighted by atomic mass is 10.1. The molecule has 130 valence electrons. The number of anilines is 1. The van der Waals surface area contributed by atoms with Gasteiger partial charge in [0.05, 0.1) is 6.26 Å². The number of benzene rings is 1. The van der Waals surface area contributed by atoms with E-state index in [4.69, 9.17) is 4.42 Å². The number of carbonyl (C=O) groups excluding carboxylic acids is 1. The maximum absolute atomic E-state index is 11.2. The number of nitrogens with one attached hydrogen (secondary N) is 1. The molecule has 0 unspecified atom stereocenters. The predicted molar refractivity (Wildman–Crippen MR) is 95.0 cm³/mol. The quantitative estimate of drug-likeness (QED) is 0.740. The maximum Gasteiger partial charge on any atom is 0.208 e. The molecule has 24 heavy (non-hydrogen) atoms. The van der Waals surface area contributed by atoms with Crippen LogP contribution in [0.2, 0.25) is 0 Å². The number of furan rings is 1. The van der Waals surface area contributed by atoms with Crippen LogP contribution < -0.4 is 9.62 Å². The van der Waals surface area contributed by atoms with Gasteiger partial charge in [-0.05, 0) is 49.7 Å². The zero-order valence-electron chi connectivity index (χ0n) is 14.1. The van der Waals surface area contributed by atoms with Crippen molar-refractivity contribution < 1.29 is 17.6 Å². The van der Waals surface area contributed by atoms with Crippen molar-refractivity contribution in [2.45, 2.75) is 13.8 Å². The third kappa shape index (κ3) is 4.69. The van der Waals surface area contributed by atoms with Gasteiger partial charge in [0, 0.05) is 30.9 Å². The molecule has 1 N–H and O–H groups in total. The van der Waals surface area contributed by atoms with Gasteiger partial charge in [0.25, 0.3) is 0 Å². The minimum Gasteiger partial charge on any atom is -0.453 e. The zero-order chi connectivity index (χ0) is 17.7. The molecule has 0 saturated carbocycles. The summed E-state index contributed by atoms with van der Waals surface area (Å²) < 4.78 is 30.3. The van der Waals surface area contributed by atoms with Crippen molar-refractivity contribution >= 4 is 22.0 Å². The number of aryl methyl sites for hydroxylation is 1. The van der Waals surface area contributed by atoms with E-state index in [1.165, 1.54) is 0 Å². The molecule has 0 aliphatic heterocycles. The molecule has 0 bridgehead atoms. The summed E-state index contributed by atoms with van der Waals surface area (Å²) in [5.74, 6) is 0.957. The van der Waals surface area contributed by atoms with E-state index in [9.17, 15) is 13.2 Å². The first-order valence-corrected chi connectivity index (χ1v) is 9.59. The largest absolute Gasteiger partial charge is 0.453 e. The molecule has 0 saturated heterocycles. The number of sulfonamides is 1. The maximum atomic E-state index is 11.2. The van der Waals surface area contributed by atoms with Crippen LogP contribution in [0.5, 0.6) is 0 Å². The fourth-order valence-electron chi connectivity index (χ4n) is 2.52. The normalized spacial score (nSPS) is 11.5. The Morgan fingerprint density at radius 1 is 1.25 bits per heavy atom. The minimum atomic E-state index is -3.18. The minimum absolute atomic E-state index is 0.301. The zero-order valence-corrected chi connectivity index (χ0v) is 14.9. The Morgan fingerprint density at radius 3 is 2.54 bits per heavy atom. The van der Waals surface area contributed by atoms with Gasteiger partial charge in [0.1, 0.15) is 5.76 Å². The van der Waals surface area contributed by atoms with E-state index >= 15 is 0 Å². The number of hydrogen-bond donors (Lipinski definition) is 1. The number of likely N-dealkylation sites (N-methyl/N-ethyl adjacent to an activating group) is 1. The van der Waals surface area contributed by atoms with Gasteiger partial charge in [-0.1, -0.05) is 0 Å². The molecule has 0 aliphatic rings. The Balaban J connectivity index is 2.15. The standard InChI is InChI=1S/C17H22N2O4S/c1-4-19(10-9-18-24(3,21)22)14-5-7-16(13(2)11-14)17-8-6-15(12-20)23-17/h5-8,11-12,18H,4,9-10H2,1-3H3. The van der Waals surface area contributed by atoms with Crippen LogP contribution in [0.25, 0.3) is 11.3 Å². The Labute approximate surface area is 142 Å². The summed E-state index contributed by atoms with van der Waals surface area (Å²) in [7, 11) is -3.18. The fraction of sp³-hybridized carbons (Fsp3) is 0.353. The lowest BCUT2D eigenvalue weighted by Crippen LogP contribution is -2.34. The lowest BCUT2D eigenvalue weighted by Gasteiger charge is -2.24. The lowest BCUT2D eigenvalue weighted by molar-refractivity contribution is 0.110. The second-order valence-corrected chi connectivity index (χ2v) is 7.40. The van der Waals surface area contributed by atoms with Crippen molar-refractivity contribution in [1.29, 1.82) is 0 Å². The SMILES string of the molecule is CCN(CCNS(C)(=O)=O)c1ccc(-c2ccc(C=O)o2)c(C)c1. The van der Waals surface area contributed by atoms with Crippen LogP contribution in [0.3, 0.4) is 0 Å². The number of aldehydes is 1. The number of hydrogen-bond acceptors (Lipinski definition) is 5. The van der Waals surface area contributed by atoms with E-state index in [0.29, 0.717) is 30.9 Å². The van der Waals surface area contributed by atoms with Gasteiger partial charge in [-0.25, -0.2) is 13.1 Å². The summed E-state index contributed by atoms with van der Waals surface area (Å²) in [6.07, 6.45) is 1.83. The first-order valence-electron chi connectivity index (χ1n) is 7.69. The average Bonchev–Trinajstić information content (AvgIpc) is 2.99. The molecular formula is C17H22N2O4S. The molecule has 0 fully saturated rings. The molecule has 1 aromatic carbocycles. The van der Waals surface area contributed by atoms with Gasteiger partial charge in [-0.3, -0.25) is 4.79 Å². The van der Waals surface area contributed by atoms with E-state index in [1.54, 1.807) is 12.1 Å². The Hall–Kier alpha value is -2.12. The highest BCUT2D eigenvalue weighted by Gasteiger charge is 2.11. The van der Waals surface area contributed by atoms with Crippen molar-refractivity contribution in [3.63, 3.8) is 0 Å². The molecule has 6 nitrogen and oxygen atoms in total. The molecule has 2 rings (SSSR count). The molecule has 0 aliphatic carbocycles. The molecule has 1 aromatic heterocycles. The summed E-state index contributed by atoms with van der Waals surface area (Å²) in [6.45, 7) is 5.70. The van der Waals surface area contributed by atoms with Crippen LogP contribution in [0.15, 0.2) is 34.7 Å². The van der Waals surface area contributed by atoms with Crippen LogP contribution in [0, 0.1) is 6.92 Å². The van der Waals surface area contributed by atoms with E-state index in [1.807, 2.05) is 32.0 Å². The van der Waals surface area contributed by atoms with Crippen LogP contribution in [-0.4, -0.2) is 40.6 Å². The van der Waals surface area contributed by atoms with Gasteiger partial charge in [0.2, 0.25) is 10.0 Å². The monoisotopic (exact) mass is 350 g/mol. The van der Waals surface area contributed by atoms with E-state index < -0.39 is 10.0 Å². The Morgan fingerprint density at radius 2 is 2.00 bits per heavy atom. The molecule has 2 aromatic rings. The Bertz CT molecular complexity index is 812. The highest BCUT2D eigenvalue weighted by molar-refractivity contribution is 7.88. The fourth-order valence-corrected chi connectivity index (χ4v) is 2.98. The second-order valence-electron chi connectivity index (χ2n) is 5.57. The predicted octanol–water partition coefficient (Wildman–Crippen LogP) is 2.44. The molecule has 0 spiro atoms. The van der Waals surface area contributed by atoms with Crippen LogP contribution in [-0.2, 0) is 10.0 Å². The van der Waals surface area contributed by atoms with Gasteiger partial charge in [-0.2, -0.15) is 0 Å². The molecular weight excluding hydrogens is 328 g/mol. The van der Waals surface area contributed by atoms with Gasteiger partial charge in [-0.15, -0.1) is 0 Å². The third-order valence-corrected chi connectivity index (χ3v) is 4.44. The third-order valence-electron chi connectivity index (χ3n) is 3.71. The summed E-state index contributed by atoms with van der Waals surface area (Å²) in [5, 5.41) is 0.